The first-order chi connectivity index (χ1) is 17.9. The molecule has 1 aliphatic rings. The van der Waals surface area contributed by atoms with Crippen LogP contribution in [0.3, 0.4) is 0 Å². The molecule has 37 heavy (non-hydrogen) atoms. The number of carbonyl (C=O) groups excluding carboxylic acids is 1. The molecule has 1 atom stereocenters. The maximum absolute atomic E-state index is 13.9. The van der Waals surface area contributed by atoms with Gasteiger partial charge in [-0.3, -0.25) is 4.79 Å². The molecule has 6 heteroatoms. The van der Waals surface area contributed by atoms with Crippen molar-refractivity contribution >= 4 is 28.2 Å². The van der Waals surface area contributed by atoms with Gasteiger partial charge in [-0.05, 0) is 76.9 Å². The topological polar surface area (TPSA) is 45.2 Å². The van der Waals surface area contributed by atoms with Crippen LogP contribution in [0.1, 0.15) is 34.0 Å². The van der Waals surface area contributed by atoms with Gasteiger partial charge in [0.2, 0.25) is 0 Å². The second-order valence-electron chi connectivity index (χ2n) is 9.42. The molecule has 5 aromatic rings. The summed E-state index contributed by atoms with van der Waals surface area (Å²) in [5, 5.41) is 5.41. The zero-order chi connectivity index (χ0) is 25.6. The third kappa shape index (κ3) is 4.31. The fourth-order valence-electron chi connectivity index (χ4n) is 4.83. The number of aromatic nitrogens is 1. The normalized spacial score (nSPS) is 15.8. The molecule has 0 aliphatic heterocycles. The molecule has 1 heterocycles. The Labute approximate surface area is 213 Å². The van der Waals surface area contributed by atoms with Crippen molar-refractivity contribution in [3.63, 3.8) is 0 Å². The lowest BCUT2D eigenvalue weighted by atomic mass is 10.1. The third-order valence-corrected chi connectivity index (χ3v) is 6.93. The monoisotopic (exact) mass is 491 g/mol. The van der Waals surface area contributed by atoms with Crippen molar-refractivity contribution < 1.29 is 13.6 Å². The number of hydrogen-bond acceptors (Lipinski definition) is 3. The van der Waals surface area contributed by atoms with Crippen LogP contribution >= 0.6 is 0 Å². The standard InChI is InChI=1S/C31H23F2N3O/c1-31(27-13-12-25(33)17-28(27)31)35-29-18-26(14-15-34-29)36(19-20-6-10-24(32)11-7-20)30(37)23-9-8-21-4-2-3-5-22(21)16-23/h2-18H,19H2,1H3,(H,34,35). The predicted molar refractivity (Wildman–Crippen MR) is 142 cm³/mol. The van der Waals surface area contributed by atoms with Crippen LogP contribution in [-0.2, 0) is 12.1 Å². The first kappa shape index (κ1) is 22.9. The summed E-state index contributed by atoms with van der Waals surface area (Å²) >= 11 is 0. The number of halogens is 2. The molecular formula is C31H23F2N3O. The molecule has 0 bridgehead atoms. The Balaban J connectivity index is 1.35. The number of amides is 1. The molecule has 1 amide bonds. The van der Waals surface area contributed by atoms with E-state index in [4.69, 9.17) is 0 Å². The summed E-state index contributed by atoms with van der Waals surface area (Å²) in [4.78, 5) is 20.0. The summed E-state index contributed by atoms with van der Waals surface area (Å²) in [5.41, 5.74) is 3.36. The molecule has 0 spiro atoms. The number of nitrogens with zero attached hydrogens (tertiary/aromatic N) is 2. The van der Waals surface area contributed by atoms with Crippen molar-refractivity contribution in [3.05, 3.63) is 137 Å². The summed E-state index contributed by atoms with van der Waals surface area (Å²) in [6.07, 6.45) is 1.64. The van der Waals surface area contributed by atoms with Crippen LogP contribution < -0.4 is 10.2 Å². The Bertz CT molecular complexity index is 1650. The largest absolute Gasteiger partial charge is 0.357 e. The number of anilines is 2. The zero-order valence-corrected chi connectivity index (χ0v) is 20.1. The molecule has 4 aromatic carbocycles. The highest BCUT2D eigenvalue weighted by atomic mass is 19.1. The number of pyridine rings is 1. The molecule has 6 rings (SSSR count). The molecule has 1 N–H and O–H groups in total. The molecule has 0 saturated heterocycles. The van der Waals surface area contributed by atoms with E-state index in [1.165, 1.54) is 24.3 Å². The fourth-order valence-corrected chi connectivity index (χ4v) is 4.83. The molecule has 182 valence electrons. The van der Waals surface area contributed by atoms with E-state index in [0.717, 1.165) is 27.5 Å². The van der Waals surface area contributed by atoms with Crippen LogP contribution in [0.4, 0.5) is 20.3 Å². The van der Waals surface area contributed by atoms with Gasteiger partial charge in [-0.2, -0.15) is 0 Å². The highest BCUT2D eigenvalue weighted by Crippen LogP contribution is 2.49. The second-order valence-corrected chi connectivity index (χ2v) is 9.42. The van der Waals surface area contributed by atoms with E-state index in [1.54, 1.807) is 35.4 Å². The Kier molecular flexibility index (Phi) is 5.45. The van der Waals surface area contributed by atoms with E-state index in [2.05, 4.69) is 10.3 Å². The first-order valence-electron chi connectivity index (χ1n) is 12.0. The number of hydrogen-bond donors (Lipinski definition) is 1. The number of rotatable bonds is 6. The lowest BCUT2D eigenvalue weighted by Crippen LogP contribution is -2.30. The van der Waals surface area contributed by atoms with Gasteiger partial charge in [-0.1, -0.05) is 48.5 Å². The van der Waals surface area contributed by atoms with Crippen LogP contribution in [0.15, 0.2) is 103 Å². The molecule has 1 unspecified atom stereocenters. The second kappa shape index (κ2) is 8.82. The van der Waals surface area contributed by atoms with E-state index in [-0.39, 0.29) is 24.1 Å². The summed E-state index contributed by atoms with van der Waals surface area (Å²) in [5.74, 6) is -0.236. The number of benzene rings is 4. The van der Waals surface area contributed by atoms with Gasteiger partial charge >= 0.3 is 0 Å². The van der Waals surface area contributed by atoms with Gasteiger partial charge in [-0.15, -0.1) is 0 Å². The van der Waals surface area contributed by atoms with Crippen LogP contribution in [0.5, 0.6) is 0 Å². The quantitative estimate of drug-likeness (QED) is 0.277. The average molecular weight is 492 g/mol. The maximum Gasteiger partial charge on any atom is 0.258 e. The van der Waals surface area contributed by atoms with Crippen molar-refractivity contribution in [1.29, 1.82) is 0 Å². The predicted octanol–water partition coefficient (Wildman–Crippen LogP) is 7.05. The molecule has 0 radical (unpaired) electrons. The lowest BCUT2D eigenvalue weighted by Gasteiger charge is -2.24. The van der Waals surface area contributed by atoms with Gasteiger partial charge in [0.15, 0.2) is 0 Å². The fraction of sp³-hybridized carbons (Fsp3) is 0.0968. The lowest BCUT2D eigenvalue weighted by molar-refractivity contribution is 0.0985. The minimum atomic E-state index is -0.514. The minimum absolute atomic E-state index is 0.185. The summed E-state index contributed by atoms with van der Waals surface area (Å²) in [6, 6.07) is 28.0. The molecule has 4 nitrogen and oxygen atoms in total. The summed E-state index contributed by atoms with van der Waals surface area (Å²) in [6.45, 7) is 2.22. The average Bonchev–Trinajstić information content (AvgIpc) is 3.49. The van der Waals surface area contributed by atoms with Crippen molar-refractivity contribution in [1.82, 2.24) is 4.98 Å². The van der Waals surface area contributed by atoms with Gasteiger partial charge in [0.05, 0.1) is 12.1 Å². The number of nitrogens with one attached hydrogen (secondary N) is 1. The SMILES string of the molecule is CC1(Nc2cc(N(Cc3ccc(F)cc3)C(=O)c3ccc4ccccc4c3)ccn2)c2ccc(F)cc21. The molecule has 0 fully saturated rings. The van der Waals surface area contributed by atoms with E-state index in [1.807, 2.05) is 55.5 Å². The minimum Gasteiger partial charge on any atom is -0.357 e. The summed E-state index contributed by atoms with van der Waals surface area (Å²) < 4.78 is 27.3. The van der Waals surface area contributed by atoms with Crippen LogP contribution in [0, 0.1) is 11.6 Å². The molecule has 1 aromatic heterocycles. The Morgan fingerprint density at radius 2 is 1.59 bits per heavy atom. The van der Waals surface area contributed by atoms with Gasteiger partial charge < -0.3 is 10.2 Å². The Hall–Kier alpha value is -4.58. The van der Waals surface area contributed by atoms with Gasteiger partial charge in [-0.25, -0.2) is 13.8 Å². The van der Waals surface area contributed by atoms with Gasteiger partial charge in [0.25, 0.3) is 5.91 Å². The molecular weight excluding hydrogens is 468 g/mol. The number of fused-ring (bicyclic) bond motifs is 2. The van der Waals surface area contributed by atoms with Crippen LogP contribution in [0.2, 0.25) is 0 Å². The van der Waals surface area contributed by atoms with Crippen molar-refractivity contribution in [2.45, 2.75) is 19.0 Å². The molecule has 1 aliphatic carbocycles. The third-order valence-electron chi connectivity index (χ3n) is 6.93. The zero-order valence-electron chi connectivity index (χ0n) is 20.1. The van der Waals surface area contributed by atoms with E-state index in [0.29, 0.717) is 17.1 Å². The van der Waals surface area contributed by atoms with Crippen LogP contribution in [-0.4, -0.2) is 10.9 Å². The highest BCUT2D eigenvalue weighted by Gasteiger charge is 2.46. The van der Waals surface area contributed by atoms with Crippen LogP contribution in [0.25, 0.3) is 10.8 Å². The van der Waals surface area contributed by atoms with Gasteiger partial charge in [0.1, 0.15) is 17.5 Å². The van der Waals surface area contributed by atoms with E-state index >= 15 is 0 Å². The maximum atomic E-state index is 13.9. The van der Waals surface area contributed by atoms with Gasteiger partial charge in [0, 0.05) is 23.5 Å². The number of carbonyl (C=O) groups is 1. The Morgan fingerprint density at radius 1 is 0.838 bits per heavy atom. The van der Waals surface area contributed by atoms with E-state index < -0.39 is 5.54 Å². The van der Waals surface area contributed by atoms with E-state index in [9.17, 15) is 13.6 Å². The smallest absolute Gasteiger partial charge is 0.258 e. The van der Waals surface area contributed by atoms with Crippen molar-refractivity contribution in [2.24, 2.45) is 0 Å². The van der Waals surface area contributed by atoms with Crippen molar-refractivity contribution in [3.8, 4) is 0 Å². The molecule has 0 saturated carbocycles. The first-order valence-corrected chi connectivity index (χ1v) is 12.0. The van der Waals surface area contributed by atoms with Crippen molar-refractivity contribution in [2.75, 3.05) is 10.2 Å². The Morgan fingerprint density at radius 3 is 2.38 bits per heavy atom. The highest BCUT2D eigenvalue weighted by molar-refractivity contribution is 6.08. The summed E-state index contributed by atoms with van der Waals surface area (Å²) in [7, 11) is 0.